The molecule has 0 aliphatic rings. The first-order chi connectivity index (χ1) is 8.20. The molecule has 0 aliphatic carbocycles. The number of nitrogens with zero attached hydrogens (tertiary/aromatic N) is 2. The normalized spacial score (nSPS) is 9.94. The monoisotopic (exact) mass is 246 g/mol. The van der Waals surface area contributed by atoms with Crippen LogP contribution >= 0.6 is 11.3 Å². The molecule has 0 amide bonds. The maximum absolute atomic E-state index is 13.0. The maximum atomic E-state index is 13.0. The summed E-state index contributed by atoms with van der Waals surface area (Å²) in [5, 5.41) is 13.1. The van der Waals surface area contributed by atoms with Gasteiger partial charge in [0.05, 0.1) is 11.3 Å². The molecule has 2 rings (SSSR count). The van der Waals surface area contributed by atoms with Crippen molar-refractivity contribution in [2.75, 3.05) is 11.9 Å². The number of halogens is 1. The highest BCUT2D eigenvalue weighted by molar-refractivity contribution is 7.07. The van der Waals surface area contributed by atoms with Gasteiger partial charge in [0.15, 0.2) is 0 Å². The molecule has 0 bridgehead atoms. The Morgan fingerprint density at radius 2 is 2.24 bits per heavy atom. The SMILES string of the molecule is CN(Cc1ccsc1)c1ccc(F)cc1C#N. The molecule has 0 saturated heterocycles. The molecule has 0 N–H and O–H groups in total. The van der Waals surface area contributed by atoms with Crippen molar-refractivity contribution in [2.24, 2.45) is 0 Å². The molecule has 17 heavy (non-hydrogen) atoms. The zero-order chi connectivity index (χ0) is 12.3. The lowest BCUT2D eigenvalue weighted by molar-refractivity contribution is 0.627. The van der Waals surface area contributed by atoms with Crippen LogP contribution in [-0.4, -0.2) is 7.05 Å². The van der Waals surface area contributed by atoms with Crippen LogP contribution in [0.5, 0.6) is 0 Å². The summed E-state index contributed by atoms with van der Waals surface area (Å²) in [6.45, 7) is 0.712. The van der Waals surface area contributed by atoms with E-state index >= 15 is 0 Å². The molecule has 86 valence electrons. The molecule has 2 aromatic rings. The largest absolute Gasteiger partial charge is 0.369 e. The standard InChI is InChI=1S/C13H11FN2S/c1-16(8-10-4-5-17-9-10)13-3-2-12(14)6-11(13)7-15/h2-6,9H,8H2,1H3. The van der Waals surface area contributed by atoms with Gasteiger partial charge in [0.25, 0.3) is 0 Å². The average molecular weight is 246 g/mol. The van der Waals surface area contributed by atoms with Crippen LogP contribution in [0.3, 0.4) is 0 Å². The Bertz CT molecular complexity index is 543. The highest BCUT2D eigenvalue weighted by Crippen LogP contribution is 2.22. The smallest absolute Gasteiger partial charge is 0.124 e. The van der Waals surface area contributed by atoms with Gasteiger partial charge in [-0.05, 0) is 40.6 Å². The molecule has 0 radical (unpaired) electrons. The van der Waals surface area contributed by atoms with Crippen molar-refractivity contribution in [2.45, 2.75) is 6.54 Å². The van der Waals surface area contributed by atoms with Gasteiger partial charge < -0.3 is 4.90 Å². The number of hydrogen-bond donors (Lipinski definition) is 0. The second kappa shape index (κ2) is 4.98. The van der Waals surface area contributed by atoms with E-state index in [2.05, 4.69) is 5.38 Å². The van der Waals surface area contributed by atoms with Crippen LogP contribution in [0.4, 0.5) is 10.1 Å². The van der Waals surface area contributed by atoms with E-state index in [0.29, 0.717) is 12.1 Å². The van der Waals surface area contributed by atoms with Gasteiger partial charge in [-0.3, -0.25) is 0 Å². The van der Waals surface area contributed by atoms with Gasteiger partial charge in [0, 0.05) is 13.6 Å². The number of hydrogen-bond acceptors (Lipinski definition) is 3. The highest BCUT2D eigenvalue weighted by Gasteiger charge is 2.09. The van der Waals surface area contributed by atoms with Crippen molar-refractivity contribution >= 4 is 17.0 Å². The van der Waals surface area contributed by atoms with Gasteiger partial charge in [0.2, 0.25) is 0 Å². The molecule has 0 aliphatic heterocycles. The summed E-state index contributed by atoms with van der Waals surface area (Å²) in [4.78, 5) is 1.94. The fourth-order valence-electron chi connectivity index (χ4n) is 1.67. The summed E-state index contributed by atoms with van der Waals surface area (Å²) >= 11 is 1.64. The van der Waals surface area contributed by atoms with Crippen LogP contribution in [0.15, 0.2) is 35.0 Å². The Kier molecular flexibility index (Phi) is 3.40. The third-order valence-corrected chi connectivity index (χ3v) is 3.22. The summed E-state index contributed by atoms with van der Waals surface area (Å²) in [5.74, 6) is -0.380. The Morgan fingerprint density at radius 1 is 1.41 bits per heavy atom. The van der Waals surface area contributed by atoms with E-state index in [1.807, 2.05) is 29.5 Å². The Balaban J connectivity index is 2.25. The van der Waals surface area contributed by atoms with Crippen LogP contribution in [0, 0.1) is 17.1 Å². The number of anilines is 1. The molecular formula is C13H11FN2S. The molecule has 1 aromatic heterocycles. The minimum atomic E-state index is -0.380. The lowest BCUT2D eigenvalue weighted by Crippen LogP contribution is -2.17. The molecule has 0 fully saturated rings. The lowest BCUT2D eigenvalue weighted by atomic mass is 10.1. The van der Waals surface area contributed by atoms with Crippen LogP contribution in [0.25, 0.3) is 0 Å². The molecule has 0 spiro atoms. The van der Waals surface area contributed by atoms with Crippen LogP contribution < -0.4 is 4.90 Å². The second-order valence-electron chi connectivity index (χ2n) is 3.76. The summed E-state index contributed by atoms with van der Waals surface area (Å²) < 4.78 is 13.0. The van der Waals surface area contributed by atoms with Crippen molar-refractivity contribution in [3.8, 4) is 6.07 Å². The highest BCUT2D eigenvalue weighted by atomic mass is 32.1. The quantitative estimate of drug-likeness (QED) is 0.830. The van der Waals surface area contributed by atoms with Crippen molar-refractivity contribution in [3.05, 3.63) is 52.0 Å². The summed E-state index contributed by atoms with van der Waals surface area (Å²) in [7, 11) is 1.89. The van der Waals surface area contributed by atoms with E-state index in [1.54, 1.807) is 17.4 Å². The van der Waals surface area contributed by atoms with Crippen molar-refractivity contribution in [3.63, 3.8) is 0 Å². The first-order valence-corrected chi connectivity index (χ1v) is 6.07. The van der Waals surface area contributed by atoms with Gasteiger partial charge >= 0.3 is 0 Å². The van der Waals surface area contributed by atoms with Crippen LogP contribution in [-0.2, 0) is 6.54 Å². The molecule has 1 aromatic carbocycles. The third-order valence-electron chi connectivity index (χ3n) is 2.49. The summed E-state index contributed by atoms with van der Waals surface area (Å²) in [6, 6.07) is 8.33. The Labute approximate surface area is 104 Å². The minimum Gasteiger partial charge on any atom is -0.369 e. The molecule has 1 heterocycles. The van der Waals surface area contributed by atoms with E-state index in [-0.39, 0.29) is 5.82 Å². The number of nitriles is 1. The predicted octanol–water partition coefficient (Wildman–Crippen LogP) is 3.40. The minimum absolute atomic E-state index is 0.364. The Morgan fingerprint density at radius 3 is 2.88 bits per heavy atom. The summed E-state index contributed by atoms with van der Waals surface area (Å²) in [6.07, 6.45) is 0. The van der Waals surface area contributed by atoms with Crippen molar-refractivity contribution in [1.82, 2.24) is 0 Å². The van der Waals surface area contributed by atoms with E-state index in [9.17, 15) is 4.39 Å². The predicted molar refractivity (Wildman–Crippen MR) is 67.5 cm³/mol. The molecule has 0 atom stereocenters. The first-order valence-electron chi connectivity index (χ1n) is 5.12. The topological polar surface area (TPSA) is 27.0 Å². The molecule has 0 unspecified atom stereocenters. The van der Waals surface area contributed by atoms with Crippen LogP contribution in [0.1, 0.15) is 11.1 Å². The van der Waals surface area contributed by atoms with E-state index in [4.69, 9.17) is 5.26 Å². The fourth-order valence-corrected chi connectivity index (χ4v) is 2.33. The molecule has 4 heteroatoms. The zero-order valence-corrected chi connectivity index (χ0v) is 10.2. The molecular weight excluding hydrogens is 235 g/mol. The average Bonchev–Trinajstić information content (AvgIpc) is 2.81. The molecule has 0 saturated carbocycles. The van der Waals surface area contributed by atoms with Gasteiger partial charge in [-0.25, -0.2) is 4.39 Å². The number of rotatable bonds is 3. The Hall–Kier alpha value is -1.86. The van der Waals surface area contributed by atoms with Crippen LogP contribution in [0.2, 0.25) is 0 Å². The first kappa shape index (κ1) is 11.6. The lowest BCUT2D eigenvalue weighted by Gasteiger charge is -2.19. The van der Waals surface area contributed by atoms with Crippen molar-refractivity contribution in [1.29, 1.82) is 5.26 Å². The summed E-state index contributed by atoms with van der Waals surface area (Å²) in [5.41, 5.74) is 2.30. The van der Waals surface area contributed by atoms with Gasteiger partial charge in [0.1, 0.15) is 11.9 Å². The number of thiophene rings is 1. The van der Waals surface area contributed by atoms with E-state index in [1.165, 1.54) is 17.7 Å². The van der Waals surface area contributed by atoms with Crippen molar-refractivity contribution < 1.29 is 4.39 Å². The third kappa shape index (κ3) is 2.63. The molecule has 2 nitrogen and oxygen atoms in total. The van der Waals surface area contributed by atoms with Gasteiger partial charge in [-0.15, -0.1) is 0 Å². The van der Waals surface area contributed by atoms with E-state index < -0.39 is 0 Å². The van der Waals surface area contributed by atoms with Gasteiger partial charge in [-0.2, -0.15) is 16.6 Å². The van der Waals surface area contributed by atoms with E-state index in [0.717, 1.165) is 5.69 Å². The second-order valence-corrected chi connectivity index (χ2v) is 4.54. The fraction of sp³-hybridized carbons (Fsp3) is 0.154. The number of benzene rings is 1. The maximum Gasteiger partial charge on any atom is 0.124 e. The van der Waals surface area contributed by atoms with Gasteiger partial charge in [-0.1, -0.05) is 0 Å². The zero-order valence-electron chi connectivity index (χ0n) is 9.35.